The Morgan fingerprint density at radius 3 is 2.11 bits per heavy atom. The van der Waals surface area contributed by atoms with Crippen molar-refractivity contribution in [2.24, 2.45) is 0 Å². The smallest absolute Gasteiger partial charge is 0.264 e. The number of para-hydroxylation sites is 1. The van der Waals surface area contributed by atoms with Crippen molar-refractivity contribution in [3.63, 3.8) is 0 Å². The predicted molar refractivity (Wildman–Crippen MR) is 158 cm³/mol. The SMILES string of the molecule is Cc1ccc(S(=O)(=O)N(c2ccccc2Br)[C@H]2CCCC=C2CO[Si](C(C)C)(C(C)C)C(C)C)cc1. The summed E-state index contributed by atoms with van der Waals surface area (Å²) >= 11 is 3.64. The molecular formula is C29H42BrNO3SSi. The number of sulfonamides is 1. The molecule has 0 fully saturated rings. The summed E-state index contributed by atoms with van der Waals surface area (Å²) < 4.78 is 37.8. The van der Waals surface area contributed by atoms with Crippen LogP contribution in [0, 0.1) is 6.92 Å². The molecule has 1 atom stereocenters. The quantitative estimate of drug-likeness (QED) is 0.205. The van der Waals surface area contributed by atoms with Crippen LogP contribution in [0.2, 0.25) is 16.6 Å². The van der Waals surface area contributed by atoms with E-state index in [0.29, 0.717) is 33.8 Å². The van der Waals surface area contributed by atoms with E-state index >= 15 is 0 Å². The van der Waals surface area contributed by atoms with E-state index in [1.54, 1.807) is 16.4 Å². The number of halogens is 1. The van der Waals surface area contributed by atoms with Crippen LogP contribution < -0.4 is 4.31 Å². The Morgan fingerprint density at radius 1 is 0.972 bits per heavy atom. The average molecular weight is 593 g/mol. The summed E-state index contributed by atoms with van der Waals surface area (Å²) in [6, 6.07) is 14.5. The van der Waals surface area contributed by atoms with Crippen molar-refractivity contribution in [2.75, 3.05) is 10.9 Å². The molecule has 0 spiro atoms. The van der Waals surface area contributed by atoms with Gasteiger partial charge in [0.25, 0.3) is 10.0 Å². The molecule has 2 aromatic carbocycles. The number of nitrogens with zero attached hydrogens (tertiary/aromatic N) is 1. The van der Waals surface area contributed by atoms with E-state index in [-0.39, 0.29) is 6.04 Å². The van der Waals surface area contributed by atoms with Gasteiger partial charge in [-0.25, -0.2) is 8.42 Å². The maximum atomic E-state index is 14.2. The van der Waals surface area contributed by atoms with Crippen molar-refractivity contribution in [3.05, 3.63) is 70.2 Å². The molecule has 4 nitrogen and oxygen atoms in total. The second kappa shape index (κ2) is 12.0. The molecule has 0 radical (unpaired) electrons. The Morgan fingerprint density at radius 2 is 1.56 bits per heavy atom. The Balaban J connectivity index is 2.08. The van der Waals surface area contributed by atoms with Crippen molar-refractivity contribution >= 4 is 40.0 Å². The molecule has 0 N–H and O–H groups in total. The third-order valence-corrected chi connectivity index (χ3v) is 16.2. The molecule has 1 aliphatic carbocycles. The molecule has 0 bridgehead atoms. The van der Waals surface area contributed by atoms with Gasteiger partial charge < -0.3 is 4.43 Å². The van der Waals surface area contributed by atoms with E-state index in [4.69, 9.17) is 4.43 Å². The molecule has 36 heavy (non-hydrogen) atoms. The Labute approximate surface area is 228 Å². The van der Waals surface area contributed by atoms with Crippen molar-refractivity contribution in [2.45, 2.75) is 95.3 Å². The van der Waals surface area contributed by atoms with Gasteiger partial charge in [0.1, 0.15) is 0 Å². The van der Waals surface area contributed by atoms with Gasteiger partial charge in [0.05, 0.1) is 23.2 Å². The minimum absolute atomic E-state index is 0.290. The van der Waals surface area contributed by atoms with Gasteiger partial charge >= 0.3 is 0 Å². The van der Waals surface area contributed by atoms with Crippen LogP contribution in [0.3, 0.4) is 0 Å². The van der Waals surface area contributed by atoms with Gasteiger partial charge in [-0.2, -0.15) is 0 Å². The molecule has 198 valence electrons. The maximum absolute atomic E-state index is 14.2. The average Bonchev–Trinajstić information content (AvgIpc) is 2.81. The van der Waals surface area contributed by atoms with Crippen molar-refractivity contribution < 1.29 is 12.8 Å². The van der Waals surface area contributed by atoms with Gasteiger partial charge in [0, 0.05) is 4.47 Å². The first-order chi connectivity index (χ1) is 16.9. The first kappa shape index (κ1) is 29.1. The number of aryl methyl sites for hydroxylation is 1. The minimum Gasteiger partial charge on any atom is -0.412 e. The first-order valence-electron chi connectivity index (χ1n) is 13.1. The summed E-state index contributed by atoms with van der Waals surface area (Å²) in [6.45, 7) is 16.2. The zero-order valence-corrected chi connectivity index (χ0v) is 26.2. The monoisotopic (exact) mass is 591 g/mol. The lowest BCUT2D eigenvalue weighted by Gasteiger charge is -2.44. The third-order valence-electron chi connectivity index (χ3n) is 7.66. The molecule has 0 amide bonds. The van der Waals surface area contributed by atoms with E-state index in [1.807, 2.05) is 43.3 Å². The highest BCUT2D eigenvalue weighted by Gasteiger charge is 2.46. The molecule has 3 rings (SSSR count). The molecule has 0 saturated carbocycles. The fourth-order valence-corrected chi connectivity index (χ4v) is 13.7. The molecule has 0 saturated heterocycles. The molecule has 0 aliphatic heterocycles. The second-order valence-corrected chi connectivity index (χ2v) is 19.0. The highest BCUT2D eigenvalue weighted by molar-refractivity contribution is 9.10. The van der Waals surface area contributed by atoms with E-state index in [9.17, 15) is 8.42 Å². The van der Waals surface area contributed by atoms with Crippen LogP contribution in [0.25, 0.3) is 0 Å². The zero-order chi connectivity index (χ0) is 26.7. The van der Waals surface area contributed by atoms with Crippen molar-refractivity contribution in [1.29, 1.82) is 0 Å². The van der Waals surface area contributed by atoms with Crippen molar-refractivity contribution in [1.82, 2.24) is 0 Å². The standard InChI is InChI=1S/C29H42BrNO3SSi/c1-21(2)36(22(3)4,23(5)6)34-20-25-12-8-10-14-28(25)31(29-15-11-9-13-27(29)30)35(32,33)26-18-16-24(7)17-19-26/h9,11-13,15-19,21-23,28H,8,10,14,20H2,1-7H3/t28-/m0/s1. The third kappa shape index (κ3) is 5.84. The highest BCUT2D eigenvalue weighted by Crippen LogP contribution is 2.44. The number of anilines is 1. The van der Waals surface area contributed by atoms with Crippen LogP contribution in [0.15, 0.2) is 69.5 Å². The number of hydrogen-bond acceptors (Lipinski definition) is 3. The number of hydrogen-bond donors (Lipinski definition) is 0. The van der Waals surface area contributed by atoms with Crippen LogP contribution in [-0.4, -0.2) is 29.4 Å². The molecule has 1 aliphatic rings. The van der Waals surface area contributed by atoms with E-state index in [0.717, 1.165) is 34.9 Å². The van der Waals surface area contributed by atoms with Crippen LogP contribution in [0.1, 0.15) is 66.4 Å². The Bertz CT molecular complexity index is 1140. The Kier molecular flexibility index (Phi) is 9.69. The fourth-order valence-electron chi connectivity index (χ4n) is 5.97. The summed E-state index contributed by atoms with van der Waals surface area (Å²) in [5.74, 6) is 0. The van der Waals surface area contributed by atoms with E-state index in [2.05, 4.69) is 63.5 Å². The van der Waals surface area contributed by atoms with Gasteiger partial charge in [-0.1, -0.05) is 77.4 Å². The minimum atomic E-state index is -3.81. The summed E-state index contributed by atoms with van der Waals surface area (Å²) in [6.07, 6.45) is 4.88. The lowest BCUT2D eigenvalue weighted by Crippen LogP contribution is -2.50. The van der Waals surface area contributed by atoms with E-state index in [1.165, 1.54) is 0 Å². The van der Waals surface area contributed by atoms with Gasteiger partial charge in [0.15, 0.2) is 0 Å². The lowest BCUT2D eigenvalue weighted by atomic mass is 9.94. The maximum Gasteiger partial charge on any atom is 0.264 e. The normalized spacial score (nSPS) is 17.1. The molecule has 0 unspecified atom stereocenters. The Hall–Kier alpha value is -1.41. The largest absolute Gasteiger partial charge is 0.412 e. The zero-order valence-electron chi connectivity index (χ0n) is 22.8. The number of allylic oxidation sites excluding steroid dienone is 1. The molecule has 0 heterocycles. The van der Waals surface area contributed by atoms with Crippen LogP contribution in [-0.2, 0) is 14.4 Å². The number of rotatable bonds is 10. The second-order valence-electron chi connectivity index (χ2n) is 10.9. The van der Waals surface area contributed by atoms with Gasteiger partial charge in [-0.3, -0.25) is 4.31 Å². The topological polar surface area (TPSA) is 46.6 Å². The van der Waals surface area contributed by atoms with Gasteiger partial charge in [-0.15, -0.1) is 0 Å². The first-order valence-corrected chi connectivity index (χ1v) is 17.5. The van der Waals surface area contributed by atoms with Gasteiger partial charge in [-0.05, 0) is 88.6 Å². The molecule has 7 heteroatoms. The lowest BCUT2D eigenvalue weighted by molar-refractivity contribution is 0.296. The number of benzene rings is 2. The van der Waals surface area contributed by atoms with Crippen LogP contribution in [0.5, 0.6) is 0 Å². The molecular weight excluding hydrogens is 550 g/mol. The summed E-state index contributed by atoms with van der Waals surface area (Å²) in [7, 11) is -5.91. The molecule has 2 aromatic rings. The summed E-state index contributed by atoms with van der Waals surface area (Å²) in [5.41, 5.74) is 4.18. The highest BCUT2D eigenvalue weighted by atomic mass is 79.9. The fraction of sp³-hybridized carbons (Fsp3) is 0.517. The summed E-state index contributed by atoms with van der Waals surface area (Å²) in [4.78, 5) is 0.310. The van der Waals surface area contributed by atoms with E-state index < -0.39 is 18.3 Å². The summed E-state index contributed by atoms with van der Waals surface area (Å²) in [5, 5.41) is 0. The molecule has 0 aromatic heterocycles. The van der Waals surface area contributed by atoms with Gasteiger partial charge in [0.2, 0.25) is 8.32 Å². The van der Waals surface area contributed by atoms with Crippen molar-refractivity contribution in [3.8, 4) is 0 Å². The van der Waals surface area contributed by atoms with Crippen LogP contribution >= 0.6 is 15.9 Å². The van der Waals surface area contributed by atoms with Crippen LogP contribution in [0.4, 0.5) is 5.69 Å². The predicted octanol–water partition coefficient (Wildman–Crippen LogP) is 8.62.